The van der Waals surface area contributed by atoms with Crippen LogP contribution in [-0.2, 0) is 19.2 Å². The van der Waals surface area contributed by atoms with E-state index in [4.69, 9.17) is 9.57 Å². The molecule has 1 aromatic carbocycles. The summed E-state index contributed by atoms with van der Waals surface area (Å²) in [4.78, 5) is 32.4. The molecule has 0 spiro atoms. The molecule has 30 heavy (non-hydrogen) atoms. The molecule has 0 bridgehead atoms. The molecule has 7 heteroatoms. The molecule has 2 aliphatic heterocycles. The Bertz CT molecular complexity index is 746. The van der Waals surface area contributed by atoms with Crippen molar-refractivity contribution in [1.82, 2.24) is 15.7 Å². The van der Waals surface area contributed by atoms with Crippen molar-refractivity contribution in [2.45, 2.75) is 62.6 Å². The van der Waals surface area contributed by atoms with Crippen molar-refractivity contribution < 1.29 is 19.2 Å². The van der Waals surface area contributed by atoms with Crippen molar-refractivity contribution in [2.24, 2.45) is 5.92 Å². The minimum Gasteiger partial charge on any atom is -0.379 e. The number of carbonyl (C=O) groups excluding carboxylic acids is 2. The highest BCUT2D eigenvalue weighted by Crippen LogP contribution is 2.53. The molecule has 164 valence electrons. The monoisotopic (exact) mass is 415 g/mol. The highest BCUT2D eigenvalue weighted by molar-refractivity contribution is 5.96. The number of nitrogens with zero attached hydrogens (tertiary/aromatic N) is 1. The van der Waals surface area contributed by atoms with Crippen LogP contribution in [0.1, 0.15) is 50.5 Å². The molecular weight excluding hydrogens is 382 g/mol. The lowest BCUT2D eigenvalue weighted by molar-refractivity contribution is -0.200. The van der Waals surface area contributed by atoms with Gasteiger partial charge in [-0.3, -0.25) is 14.4 Å². The summed E-state index contributed by atoms with van der Waals surface area (Å²) in [6.45, 7) is 3.95. The van der Waals surface area contributed by atoms with Crippen LogP contribution in [0.25, 0.3) is 0 Å². The average Bonchev–Trinajstić information content (AvgIpc) is 3.26. The van der Waals surface area contributed by atoms with E-state index in [1.807, 2.05) is 37.3 Å². The number of ether oxygens (including phenoxy) is 1. The number of hydrogen-bond acceptors (Lipinski definition) is 5. The third kappa shape index (κ3) is 4.11. The van der Waals surface area contributed by atoms with Gasteiger partial charge < -0.3 is 15.4 Å². The Kier molecular flexibility index (Phi) is 6.41. The Morgan fingerprint density at radius 2 is 2.07 bits per heavy atom. The number of carbonyl (C=O) groups is 2. The largest absolute Gasteiger partial charge is 0.379 e. The zero-order valence-electron chi connectivity index (χ0n) is 17.9. The first kappa shape index (κ1) is 21.3. The van der Waals surface area contributed by atoms with E-state index in [-0.39, 0.29) is 35.8 Å². The van der Waals surface area contributed by atoms with Crippen molar-refractivity contribution in [2.75, 3.05) is 26.8 Å². The number of hydroxylamine groups is 2. The van der Waals surface area contributed by atoms with E-state index in [1.165, 1.54) is 5.06 Å². The summed E-state index contributed by atoms with van der Waals surface area (Å²) >= 11 is 0. The molecule has 0 radical (unpaired) electrons. The van der Waals surface area contributed by atoms with Gasteiger partial charge in [-0.05, 0) is 44.2 Å². The minimum atomic E-state index is -0.939. The second kappa shape index (κ2) is 9.04. The number of hydrogen-bond donors (Lipinski definition) is 2. The molecule has 3 aliphatic rings. The maximum absolute atomic E-state index is 13.5. The molecule has 2 N–H and O–H groups in total. The summed E-state index contributed by atoms with van der Waals surface area (Å²) in [7, 11) is 1.65. The molecule has 0 unspecified atom stereocenters. The highest BCUT2D eigenvalue weighted by atomic mass is 16.7. The Hall–Kier alpha value is -1.96. The van der Waals surface area contributed by atoms with Crippen LogP contribution in [0.5, 0.6) is 0 Å². The first-order chi connectivity index (χ1) is 14.6. The van der Waals surface area contributed by atoms with Crippen LogP contribution in [0, 0.1) is 5.92 Å². The fourth-order valence-corrected chi connectivity index (χ4v) is 4.95. The fourth-order valence-electron chi connectivity index (χ4n) is 4.95. The van der Waals surface area contributed by atoms with Gasteiger partial charge >= 0.3 is 0 Å². The normalized spacial score (nSPS) is 30.5. The van der Waals surface area contributed by atoms with E-state index in [9.17, 15) is 9.59 Å². The zero-order valence-corrected chi connectivity index (χ0v) is 17.9. The van der Waals surface area contributed by atoms with E-state index >= 15 is 0 Å². The number of amides is 2. The van der Waals surface area contributed by atoms with Gasteiger partial charge in [0.1, 0.15) is 5.54 Å². The maximum Gasteiger partial charge on any atom is 0.272 e. The van der Waals surface area contributed by atoms with Gasteiger partial charge in [0.25, 0.3) is 5.91 Å². The van der Waals surface area contributed by atoms with Gasteiger partial charge in [0.05, 0.1) is 18.6 Å². The molecule has 4 rings (SSSR count). The maximum atomic E-state index is 13.5. The van der Waals surface area contributed by atoms with Gasteiger partial charge in [-0.2, -0.15) is 0 Å². The van der Waals surface area contributed by atoms with Crippen molar-refractivity contribution in [3.05, 3.63) is 35.9 Å². The van der Waals surface area contributed by atoms with Gasteiger partial charge in [-0.1, -0.05) is 37.3 Å². The number of methoxy groups -OCH3 is 1. The topological polar surface area (TPSA) is 79.9 Å². The summed E-state index contributed by atoms with van der Waals surface area (Å²) in [5.74, 6) is -0.683. The standard InChI is InChI=1S/C23H33N3O4/c1-16(20(29-2)19-11-8-12-24-19)21(27)25-23(22(28)26-13-6-7-14-30-26)15-18(23)17-9-4-3-5-10-17/h3-5,9-10,16,18-20,24H,6-8,11-15H2,1-2H3,(H,25,27)/t16-,18+,19+,20-,23+/m1/s1. The van der Waals surface area contributed by atoms with Crippen LogP contribution in [0.15, 0.2) is 30.3 Å². The number of benzene rings is 1. The SMILES string of the molecule is CO[C@@H]([C@@H]1CCCN1)[C@@H](C)C(=O)N[C@@]1(C(=O)N2CCCCO2)C[C@H]1c1ccccc1. The lowest BCUT2D eigenvalue weighted by Gasteiger charge is -2.32. The van der Waals surface area contributed by atoms with Crippen molar-refractivity contribution >= 4 is 11.8 Å². The van der Waals surface area contributed by atoms with E-state index in [2.05, 4.69) is 10.6 Å². The molecule has 7 nitrogen and oxygen atoms in total. The second-order valence-electron chi connectivity index (χ2n) is 8.77. The van der Waals surface area contributed by atoms with Crippen molar-refractivity contribution in [3.8, 4) is 0 Å². The van der Waals surface area contributed by atoms with Gasteiger partial charge in [-0.15, -0.1) is 0 Å². The molecular formula is C23H33N3O4. The third-order valence-electron chi connectivity index (χ3n) is 6.79. The summed E-state index contributed by atoms with van der Waals surface area (Å²) in [6.07, 6.45) is 4.32. The quantitative estimate of drug-likeness (QED) is 0.712. The number of nitrogens with one attached hydrogen (secondary N) is 2. The fraction of sp³-hybridized carbons (Fsp3) is 0.652. The van der Waals surface area contributed by atoms with Crippen LogP contribution >= 0.6 is 0 Å². The highest BCUT2D eigenvalue weighted by Gasteiger charge is 2.63. The van der Waals surface area contributed by atoms with Crippen molar-refractivity contribution in [1.29, 1.82) is 0 Å². The Morgan fingerprint density at radius 3 is 2.70 bits per heavy atom. The molecule has 0 aromatic heterocycles. The predicted molar refractivity (Wildman–Crippen MR) is 113 cm³/mol. The van der Waals surface area contributed by atoms with Crippen LogP contribution in [0.3, 0.4) is 0 Å². The molecule has 3 fully saturated rings. The summed E-state index contributed by atoms with van der Waals surface area (Å²) in [6, 6.07) is 10.1. The lowest BCUT2D eigenvalue weighted by atomic mass is 9.94. The average molecular weight is 416 g/mol. The molecule has 2 amide bonds. The first-order valence-corrected chi connectivity index (χ1v) is 11.1. The molecule has 2 saturated heterocycles. The second-order valence-corrected chi connectivity index (χ2v) is 8.77. The predicted octanol–water partition coefficient (Wildman–Crippen LogP) is 1.99. The molecule has 5 atom stereocenters. The van der Waals surface area contributed by atoms with Crippen molar-refractivity contribution in [3.63, 3.8) is 0 Å². The van der Waals surface area contributed by atoms with E-state index < -0.39 is 5.54 Å². The minimum absolute atomic E-state index is 0.0431. The van der Waals surface area contributed by atoms with E-state index in [1.54, 1.807) is 7.11 Å². The Balaban J connectivity index is 1.52. The smallest absolute Gasteiger partial charge is 0.272 e. The third-order valence-corrected chi connectivity index (χ3v) is 6.79. The van der Waals surface area contributed by atoms with Crippen LogP contribution < -0.4 is 10.6 Å². The summed E-state index contributed by atoms with van der Waals surface area (Å²) in [5.41, 5.74) is 0.127. The van der Waals surface area contributed by atoms with E-state index in [0.717, 1.165) is 37.8 Å². The first-order valence-electron chi connectivity index (χ1n) is 11.1. The summed E-state index contributed by atoms with van der Waals surface area (Å²) in [5, 5.41) is 8.03. The van der Waals surface area contributed by atoms with Gasteiger partial charge in [0.2, 0.25) is 5.91 Å². The molecule has 1 saturated carbocycles. The lowest BCUT2D eigenvalue weighted by Crippen LogP contribution is -2.56. The van der Waals surface area contributed by atoms with Crippen LogP contribution in [0.2, 0.25) is 0 Å². The zero-order chi connectivity index (χ0) is 21.1. The van der Waals surface area contributed by atoms with Crippen LogP contribution in [-0.4, -0.2) is 61.4 Å². The van der Waals surface area contributed by atoms with Crippen LogP contribution in [0.4, 0.5) is 0 Å². The Labute approximate surface area is 178 Å². The number of rotatable bonds is 7. The van der Waals surface area contributed by atoms with Gasteiger partial charge in [0, 0.05) is 25.6 Å². The molecule has 2 heterocycles. The van der Waals surface area contributed by atoms with E-state index in [0.29, 0.717) is 19.6 Å². The van der Waals surface area contributed by atoms with Gasteiger partial charge in [-0.25, -0.2) is 5.06 Å². The molecule has 1 aliphatic carbocycles. The molecule has 1 aromatic rings. The Morgan fingerprint density at radius 1 is 1.27 bits per heavy atom. The summed E-state index contributed by atoms with van der Waals surface area (Å²) < 4.78 is 5.70. The van der Waals surface area contributed by atoms with Gasteiger partial charge in [0.15, 0.2) is 0 Å².